The molecule has 1 aliphatic rings. The number of rotatable bonds is 5. The number of aryl methyl sites for hydroxylation is 1. The quantitative estimate of drug-likeness (QED) is 0.860. The summed E-state index contributed by atoms with van der Waals surface area (Å²) >= 11 is 1.78. The van der Waals surface area contributed by atoms with Crippen LogP contribution in [0.5, 0.6) is 0 Å². The molecule has 0 heterocycles. The van der Waals surface area contributed by atoms with Crippen molar-refractivity contribution in [3.05, 3.63) is 60.2 Å². The highest BCUT2D eigenvalue weighted by atomic mass is 32.2. The van der Waals surface area contributed by atoms with Crippen molar-refractivity contribution in [3.63, 3.8) is 0 Å². The van der Waals surface area contributed by atoms with Gasteiger partial charge in [-0.1, -0.05) is 48.7 Å². The van der Waals surface area contributed by atoms with Crippen LogP contribution >= 0.6 is 11.8 Å². The molecule has 0 amide bonds. The van der Waals surface area contributed by atoms with Crippen molar-refractivity contribution in [2.24, 2.45) is 0 Å². The minimum absolute atomic E-state index is 0.0183. The highest BCUT2D eigenvalue weighted by molar-refractivity contribution is 8.00. The van der Waals surface area contributed by atoms with Crippen molar-refractivity contribution in [3.8, 4) is 0 Å². The number of hydrogen-bond donors (Lipinski definition) is 1. The van der Waals surface area contributed by atoms with E-state index in [0.29, 0.717) is 4.90 Å². The molecule has 0 unspecified atom stereocenters. The van der Waals surface area contributed by atoms with Crippen LogP contribution in [0.3, 0.4) is 0 Å². The zero-order valence-corrected chi connectivity index (χ0v) is 15.4. The van der Waals surface area contributed by atoms with Gasteiger partial charge in [0.25, 0.3) is 0 Å². The van der Waals surface area contributed by atoms with E-state index in [4.69, 9.17) is 0 Å². The topological polar surface area (TPSA) is 46.2 Å². The van der Waals surface area contributed by atoms with Gasteiger partial charge >= 0.3 is 0 Å². The molecule has 24 heavy (non-hydrogen) atoms. The lowest BCUT2D eigenvalue weighted by Gasteiger charge is -2.31. The van der Waals surface area contributed by atoms with Gasteiger partial charge in [0.15, 0.2) is 0 Å². The first kappa shape index (κ1) is 17.5. The number of hydrogen-bond acceptors (Lipinski definition) is 3. The Labute approximate surface area is 148 Å². The number of thioether (sulfide) groups is 1. The third-order valence-electron chi connectivity index (χ3n) is 4.37. The van der Waals surface area contributed by atoms with Gasteiger partial charge in [-0.25, -0.2) is 13.1 Å². The van der Waals surface area contributed by atoms with Crippen LogP contribution in [0.4, 0.5) is 0 Å². The molecule has 5 heteroatoms. The molecule has 2 atom stereocenters. The van der Waals surface area contributed by atoms with Crippen LogP contribution in [0.15, 0.2) is 64.4 Å². The monoisotopic (exact) mass is 361 g/mol. The van der Waals surface area contributed by atoms with Crippen LogP contribution < -0.4 is 4.72 Å². The molecule has 3 rings (SSSR count). The molecule has 1 aliphatic carbocycles. The van der Waals surface area contributed by atoms with Crippen molar-refractivity contribution < 1.29 is 8.42 Å². The largest absolute Gasteiger partial charge is 0.240 e. The van der Waals surface area contributed by atoms with Gasteiger partial charge in [0.05, 0.1) is 4.90 Å². The van der Waals surface area contributed by atoms with Gasteiger partial charge in [-0.05, 0) is 44.0 Å². The highest BCUT2D eigenvalue weighted by Crippen LogP contribution is 2.34. The lowest BCUT2D eigenvalue weighted by atomic mass is 9.96. The summed E-state index contributed by atoms with van der Waals surface area (Å²) in [6.07, 6.45) is 4.18. The van der Waals surface area contributed by atoms with Gasteiger partial charge in [0, 0.05) is 16.2 Å². The Morgan fingerprint density at radius 3 is 2.33 bits per heavy atom. The van der Waals surface area contributed by atoms with Gasteiger partial charge < -0.3 is 0 Å². The Morgan fingerprint density at radius 1 is 0.958 bits per heavy atom. The lowest BCUT2D eigenvalue weighted by Crippen LogP contribution is -2.43. The van der Waals surface area contributed by atoms with Crippen LogP contribution in [0.25, 0.3) is 0 Å². The molecule has 0 aliphatic heterocycles. The van der Waals surface area contributed by atoms with Crippen molar-refractivity contribution in [1.82, 2.24) is 4.72 Å². The molecular weight excluding hydrogens is 338 g/mol. The smallest absolute Gasteiger partial charge is 0.207 e. The molecule has 1 fully saturated rings. The summed E-state index contributed by atoms with van der Waals surface area (Å²) in [5.41, 5.74) is 1.06. The molecule has 2 aromatic rings. The molecule has 128 valence electrons. The fourth-order valence-corrected chi connectivity index (χ4v) is 5.75. The molecule has 0 bridgehead atoms. The summed E-state index contributed by atoms with van der Waals surface area (Å²) in [7, 11) is -3.47. The zero-order chi connectivity index (χ0) is 17.0. The Kier molecular flexibility index (Phi) is 5.64. The van der Waals surface area contributed by atoms with E-state index in [1.54, 1.807) is 23.9 Å². The van der Waals surface area contributed by atoms with E-state index in [1.165, 1.54) is 4.90 Å². The van der Waals surface area contributed by atoms with Gasteiger partial charge in [-0.3, -0.25) is 0 Å². The number of benzene rings is 2. The maximum absolute atomic E-state index is 12.7. The van der Waals surface area contributed by atoms with E-state index < -0.39 is 10.0 Å². The van der Waals surface area contributed by atoms with E-state index in [-0.39, 0.29) is 11.3 Å². The predicted octanol–water partition coefficient (Wildman–Crippen LogP) is 4.38. The lowest BCUT2D eigenvalue weighted by molar-refractivity contribution is 0.423. The molecule has 1 saturated carbocycles. The van der Waals surface area contributed by atoms with Crippen LogP contribution in [-0.2, 0) is 10.0 Å². The van der Waals surface area contributed by atoms with E-state index in [1.807, 2.05) is 37.3 Å². The molecule has 2 aromatic carbocycles. The zero-order valence-electron chi connectivity index (χ0n) is 13.8. The molecule has 0 radical (unpaired) electrons. The molecular formula is C19H23NO2S2. The van der Waals surface area contributed by atoms with Crippen molar-refractivity contribution in [2.45, 2.75) is 53.7 Å². The minimum atomic E-state index is -3.47. The van der Waals surface area contributed by atoms with Gasteiger partial charge in [-0.15, -0.1) is 11.8 Å². The molecule has 1 N–H and O–H groups in total. The summed E-state index contributed by atoms with van der Waals surface area (Å²) < 4.78 is 28.3. The normalized spacial score (nSPS) is 21.5. The fraction of sp³-hybridized carbons (Fsp3) is 0.368. The fourth-order valence-electron chi connectivity index (χ4n) is 3.03. The van der Waals surface area contributed by atoms with E-state index in [2.05, 4.69) is 16.9 Å². The van der Waals surface area contributed by atoms with Crippen LogP contribution in [-0.4, -0.2) is 19.7 Å². The van der Waals surface area contributed by atoms with Crippen molar-refractivity contribution >= 4 is 21.8 Å². The first-order valence-corrected chi connectivity index (χ1v) is 10.7. The second-order valence-corrected chi connectivity index (χ2v) is 9.32. The maximum atomic E-state index is 12.7. The van der Waals surface area contributed by atoms with Crippen LogP contribution in [0.1, 0.15) is 31.2 Å². The Morgan fingerprint density at radius 2 is 1.62 bits per heavy atom. The summed E-state index contributed by atoms with van der Waals surface area (Å²) in [5.74, 6) is 0. The van der Waals surface area contributed by atoms with Crippen LogP contribution in [0.2, 0.25) is 0 Å². The second-order valence-electron chi connectivity index (χ2n) is 6.29. The molecule has 3 nitrogen and oxygen atoms in total. The summed E-state index contributed by atoms with van der Waals surface area (Å²) in [5, 5.41) is 0.279. The Balaban J connectivity index is 1.74. The third kappa shape index (κ3) is 4.41. The Bertz CT molecular complexity index is 758. The van der Waals surface area contributed by atoms with E-state index in [0.717, 1.165) is 31.2 Å². The minimum Gasteiger partial charge on any atom is -0.207 e. The maximum Gasteiger partial charge on any atom is 0.240 e. The Hall–Kier alpha value is -1.30. The SMILES string of the molecule is Cc1ccc(S(=O)(=O)N[C@H]2CCCC[C@@H]2Sc2ccccc2)cc1. The van der Waals surface area contributed by atoms with Crippen molar-refractivity contribution in [2.75, 3.05) is 0 Å². The molecule has 0 spiro atoms. The average molecular weight is 362 g/mol. The third-order valence-corrected chi connectivity index (χ3v) is 7.29. The van der Waals surface area contributed by atoms with Crippen molar-refractivity contribution in [1.29, 1.82) is 0 Å². The first-order chi connectivity index (χ1) is 11.5. The number of nitrogens with one attached hydrogen (secondary N) is 1. The predicted molar refractivity (Wildman–Crippen MR) is 99.8 cm³/mol. The molecule has 0 saturated heterocycles. The van der Waals surface area contributed by atoms with Gasteiger partial charge in [0.2, 0.25) is 10.0 Å². The second kappa shape index (κ2) is 7.72. The number of sulfonamides is 1. The summed E-state index contributed by atoms with van der Waals surface area (Å²) in [6.45, 7) is 1.96. The van der Waals surface area contributed by atoms with E-state index in [9.17, 15) is 8.42 Å². The average Bonchev–Trinajstić information content (AvgIpc) is 2.58. The summed E-state index contributed by atoms with van der Waals surface area (Å²) in [4.78, 5) is 1.55. The van der Waals surface area contributed by atoms with Gasteiger partial charge in [-0.2, -0.15) is 0 Å². The van der Waals surface area contributed by atoms with Gasteiger partial charge in [0.1, 0.15) is 0 Å². The first-order valence-electron chi connectivity index (χ1n) is 8.35. The summed E-state index contributed by atoms with van der Waals surface area (Å²) in [6, 6.07) is 17.2. The van der Waals surface area contributed by atoms with Crippen LogP contribution in [0, 0.1) is 6.92 Å². The van der Waals surface area contributed by atoms with E-state index >= 15 is 0 Å². The standard InChI is InChI=1S/C19H23NO2S2/c1-15-11-13-17(14-12-15)24(21,22)20-18-9-5-6-10-19(18)23-16-7-3-2-4-8-16/h2-4,7-8,11-14,18-20H,5-6,9-10H2,1H3/t18-,19-/m0/s1. The molecule has 0 aromatic heterocycles. The highest BCUT2D eigenvalue weighted by Gasteiger charge is 2.30.